The number of nitrogens with zero attached hydrogens (tertiary/aromatic N) is 2. The fraction of sp³-hybridized carbons (Fsp3) is 0.119. The summed E-state index contributed by atoms with van der Waals surface area (Å²) in [5, 5.41) is 0. The number of fused-ring (bicyclic) bond motifs is 12. The molecule has 2 nitrogen and oxygen atoms in total. The summed E-state index contributed by atoms with van der Waals surface area (Å²) >= 11 is 0. The Kier molecular flexibility index (Phi) is 7.57. The monoisotopic (exact) mass is 780 g/mol. The molecule has 0 saturated carbocycles. The lowest BCUT2D eigenvalue weighted by Gasteiger charge is -2.47. The van der Waals surface area contributed by atoms with Crippen molar-refractivity contribution in [1.82, 2.24) is 9.97 Å². The van der Waals surface area contributed by atoms with Crippen LogP contribution in [-0.4, -0.2) is 9.97 Å². The Morgan fingerprint density at radius 1 is 0.295 bits per heavy atom. The smallest absolute Gasteiger partial charge is 0.160 e. The molecule has 1 spiro atoms. The lowest BCUT2D eigenvalue weighted by Crippen LogP contribution is -2.41. The van der Waals surface area contributed by atoms with Crippen LogP contribution < -0.4 is 0 Å². The normalized spacial score (nSPS) is 15.3. The zero-order valence-electron chi connectivity index (χ0n) is 34.9. The van der Waals surface area contributed by atoms with Crippen LogP contribution in [0.4, 0.5) is 0 Å². The summed E-state index contributed by atoms with van der Waals surface area (Å²) in [6.07, 6.45) is 0. The van der Waals surface area contributed by atoms with Gasteiger partial charge in [0.2, 0.25) is 0 Å². The molecule has 0 atom stereocenters. The molecule has 1 aromatic heterocycles. The molecule has 8 aromatic carbocycles. The van der Waals surface area contributed by atoms with Crippen LogP contribution in [-0.2, 0) is 16.2 Å². The van der Waals surface area contributed by atoms with E-state index in [0.717, 1.165) is 33.6 Å². The Morgan fingerprint density at radius 2 is 0.787 bits per heavy atom. The number of aromatic nitrogens is 2. The molecule has 0 fully saturated rings. The number of hydrogen-bond acceptors (Lipinski definition) is 2. The molecule has 0 saturated heterocycles. The molecule has 0 bridgehead atoms. The van der Waals surface area contributed by atoms with Crippen LogP contribution in [0.15, 0.2) is 194 Å². The van der Waals surface area contributed by atoms with Crippen molar-refractivity contribution in [2.24, 2.45) is 0 Å². The van der Waals surface area contributed by atoms with Crippen molar-refractivity contribution in [2.75, 3.05) is 0 Å². The van der Waals surface area contributed by atoms with Crippen LogP contribution in [0.5, 0.6) is 0 Å². The zero-order valence-corrected chi connectivity index (χ0v) is 34.9. The van der Waals surface area contributed by atoms with E-state index in [1.807, 2.05) is 0 Å². The molecule has 0 radical (unpaired) electrons. The van der Waals surface area contributed by atoms with E-state index in [2.05, 4.69) is 222 Å². The molecule has 290 valence electrons. The summed E-state index contributed by atoms with van der Waals surface area (Å²) in [5.74, 6) is 0.716. The van der Waals surface area contributed by atoms with E-state index in [1.165, 1.54) is 72.3 Å². The van der Waals surface area contributed by atoms with Gasteiger partial charge in [-0.2, -0.15) is 0 Å². The Labute approximate surface area is 358 Å². The molecule has 0 aliphatic heterocycles. The maximum absolute atomic E-state index is 5.42. The zero-order chi connectivity index (χ0) is 41.1. The van der Waals surface area contributed by atoms with Gasteiger partial charge in [-0.15, -0.1) is 0 Å². The molecule has 0 unspecified atom stereocenters. The highest BCUT2D eigenvalue weighted by Gasteiger charge is 2.53. The quantitative estimate of drug-likeness (QED) is 0.178. The SMILES string of the molecule is CC1(C)c2ccccc2-c2ccc(-c3cc(-c4ccccc4-c4cccc5c4C(C)(C)c4ccccc4C54c5ccccc5-c5ccccc54)nc(-c4ccccc4)n3)cc21. The summed E-state index contributed by atoms with van der Waals surface area (Å²) in [5.41, 5.74) is 22.5. The first-order valence-corrected chi connectivity index (χ1v) is 21.5. The van der Waals surface area contributed by atoms with Crippen molar-refractivity contribution in [3.05, 3.63) is 239 Å². The van der Waals surface area contributed by atoms with E-state index in [-0.39, 0.29) is 10.8 Å². The third-order valence-corrected chi connectivity index (χ3v) is 14.2. The van der Waals surface area contributed by atoms with Gasteiger partial charge >= 0.3 is 0 Å². The van der Waals surface area contributed by atoms with Gasteiger partial charge in [0.05, 0.1) is 16.8 Å². The first kappa shape index (κ1) is 35.8. The van der Waals surface area contributed by atoms with Gasteiger partial charge in [0.15, 0.2) is 5.82 Å². The fourth-order valence-corrected chi connectivity index (χ4v) is 11.5. The highest BCUT2D eigenvalue weighted by Crippen LogP contribution is 2.63. The van der Waals surface area contributed by atoms with Gasteiger partial charge in [-0.3, -0.25) is 0 Å². The van der Waals surface area contributed by atoms with Gasteiger partial charge in [0.25, 0.3) is 0 Å². The van der Waals surface area contributed by atoms with Gasteiger partial charge in [0, 0.05) is 27.5 Å². The summed E-state index contributed by atoms with van der Waals surface area (Å²) in [6.45, 7) is 9.51. The summed E-state index contributed by atoms with van der Waals surface area (Å²) in [4.78, 5) is 10.7. The van der Waals surface area contributed by atoms with Gasteiger partial charge in [-0.05, 0) is 90.0 Å². The number of benzene rings is 8. The summed E-state index contributed by atoms with van der Waals surface area (Å²) in [6, 6.07) is 71.6. The van der Waals surface area contributed by atoms with Crippen LogP contribution >= 0.6 is 0 Å². The standard InChI is InChI=1S/C59H44N2/c1-57(2)46-27-13-10-22-40(46)43-34-33-38(35-52(43)57)53-36-54(61-56(60-53)37-19-6-5-7-20-37)44-25-9-8-21-39(44)45-26-18-32-51-55(45)58(3,4)49-30-16-17-31-50(49)59(51)47-28-14-11-23-41(47)42-24-12-15-29-48(42)59/h5-36H,1-4H3. The molecule has 1 heterocycles. The van der Waals surface area contributed by atoms with E-state index < -0.39 is 5.41 Å². The first-order valence-electron chi connectivity index (χ1n) is 21.5. The highest BCUT2D eigenvalue weighted by molar-refractivity contribution is 5.93. The lowest BCUT2D eigenvalue weighted by molar-refractivity contribution is 0.565. The highest BCUT2D eigenvalue weighted by atomic mass is 14.9. The van der Waals surface area contributed by atoms with Gasteiger partial charge < -0.3 is 0 Å². The van der Waals surface area contributed by atoms with Gasteiger partial charge in [-0.25, -0.2) is 9.97 Å². The molecular weight excluding hydrogens is 737 g/mol. The average Bonchev–Trinajstić information content (AvgIpc) is 3.74. The third kappa shape index (κ3) is 4.91. The first-order chi connectivity index (χ1) is 29.8. The number of hydrogen-bond donors (Lipinski definition) is 0. The summed E-state index contributed by atoms with van der Waals surface area (Å²) < 4.78 is 0. The molecule has 3 aliphatic carbocycles. The van der Waals surface area contributed by atoms with Gasteiger partial charge in [-0.1, -0.05) is 210 Å². The minimum atomic E-state index is -0.469. The van der Waals surface area contributed by atoms with Gasteiger partial charge in [0.1, 0.15) is 0 Å². The van der Waals surface area contributed by atoms with Crippen LogP contribution in [0.2, 0.25) is 0 Å². The Hall–Kier alpha value is -7.16. The van der Waals surface area contributed by atoms with E-state index in [1.54, 1.807) is 0 Å². The molecular formula is C59H44N2. The molecule has 9 aromatic rings. The maximum atomic E-state index is 5.42. The molecule has 12 rings (SSSR count). The van der Waals surface area contributed by atoms with E-state index in [4.69, 9.17) is 9.97 Å². The number of rotatable bonds is 4. The van der Waals surface area contributed by atoms with Crippen molar-refractivity contribution in [1.29, 1.82) is 0 Å². The topological polar surface area (TPSA) is 25.8 Å². The molecule has 61 heavy (non-hydrogen) atoms. The molecule has 2 heteroatoms. The van der Waals surface area contributed by atoms with E-state index in [0.29, 0.717) is 5.82 Å². The van der Waals surface area contributed by atoms with Crippen LogP contribution in [0, 0.1) is 0 Å². The second-order valence-electron chi connectivity index (χ2n) is 18.0. The Bertz CT molecular complexity index is 3210. The van der Waals surface area contributed by atoms with Crippen LogP contribution in [0.1, 0.15) is 72.2 Å². The van der Waals surface area contributed by atoms with Crippen molar-refractivity contribution >= 4 is 0 Å². The Morgan fingerprint density at radius 3 is 1.48 bits per heavy atom. The van der Waals surface area contributed by atoms with Crippen molar-refractivity contribution in [2.45, 2.75) is 43.9 Å². The third-order valence-electron chi connectivity index (χ3n) is 14.2. The maximum Gasteiger partial charge on any atom is 0.160 e. The largest absolute Gasteiger partial charge is 0.228 e. The van der Waals surface area contributed by atoms with Crippen LogP contribution in [0.25, 0.3) is 67.3 Å². The molecule has 3 aliphatic rings. The molecule has 0 N–H and O–H groups in total. The van der Waals surface area contributed by atoms with E-state index >= 15 is 0 Å². The summed E-state index contributed by atoms with van der Waals surface area (Å²) in [7, 11) is 0. The van der Waals surface area contributed by atoms with E-state index in [9.17, 15) is 0 Å². The minimum Gasteiger partial charge on any atom is -0.228 e. The van der Waals surface area contributed by atoms with Crippen LogP contribution in [0.3, 0.4) is 0 Å². The average molecular weight is 781 g/mol. The minimum absolute atomic E-state index is 0.123. The predicted molar refractivity (Wildman–Crippen MR) is 251 cm³/mol. The Balaban J connectivity index is 1.10. The lowest BCUT2D eigenvalue weighted by atomic mass is 9.54. The fourth-order valence-electron chi connectivity index (χ4n) is 11.5. The van der Waals surface area contributed by atoms with Crippen molar-refractivity contribution in [3.63, 3.8) is 0 Å². The second-order valence-corrected chi connectivity index (χ2v) is 18.0. The predicted octanol–water partition coefficient (Wildman–Crippen LogP) is 14.5. The van der Waals surface area contributed by atoms with Crippen molar-refractivity contribution in [3.8, 4) is 67.3 Å². The molecule has 0 amide bonds. The second kappa shape index (κ2) is 12.9. The van der Waals surface area contributed by atoms with Crippen molar-refractivity contribution < 1.29 is 0 Å².